The molecule has 0 saturated carbocycles. The summed E-state index contributed by atoms with van der Waals surface area (Å²) in [7, 11) is 1.34. The molecule has 3 aromatic carbocycles. The summed E-state index contributed by atoms with van der Waals surface area (Å²) in [5.74, 6) is -1.37. The molecule has 0 unspecified atom stereocenters. The van der Waals surface area contributed by atoms with E-state index in [1.54, 1.807) is 0 Å². The van der Waals surface area contributed by atoms with E-state index >= 15 is 0 Å². The van der Waals surface area contributed by atoms with Crippen LogP contribution in [0.3, 0.4) is 0 Å². The fourth-order valence-corrected chi connectivity index (χ4v) is 3.60. The second-order valence-electron chi connectivity index (χ2n) is 8.08. The Morgan fingerprint density at radius 3 is 2.26 bits per heavy atom. The van der Waals surface area contributed by atoms with Crippen LogP contribution >= 0.6 is 0 Å². The highest BCUT2D eigenvalue weighted by Crippen LogP contribution is 2.25. The zero-order valence-corrected chi connectivity index (χ0v) is 19.3. The lowest BCUT2D eigenvalue weighted by molar-refractivity contribution is -0.154. The molecule has 0 radical (unpaired) electrons. The van der Waals surface area contributed by atoms with E-state index in [0.29, 0.717) is 6.61 Å². The average Bonchev–Trinajstić information content (AvgIpc) is 2.87. The van der Waals surface area contributed by atoms with Crippen LogP contribution in [0.1, 0.15) is 11.1 Å². The van der Waals surface area contributed by atoms with Crippen LogP contribution in [0.15, 0.2) is 78.9 Å². The number of ether oxygens (including phenoxy) is 2. The van der Waals surface area contributed by atoms with Gasteiger partial charge in [0.15, 0.2) is 6.10 Å². The molecule has 0 fully saturated rings. The molecule has 0 heterocycles. The molecule has 3 atom stereocenters. The van der Waals surface area contributed by atoms with Gasteiger partial charge in [0.1, 0.15) is 25.1 Å². The number of carboxylic acids is 1. The molecule has 8 heteroatoms. The first-order valence-electron chi connectivity index (χ1n) is 11.1. The maximum Gasteiger partial charge on any atom is 0.335 e. The number of rotatable bonds is 12. The minimum atomic E-state index is -2.04. The van der Waals surface area contributed by atoms with Crippen molar-refractivity contribution in [3.05, 3.63) is 90.0 Å². The Labute approximate surface area is 203 Å². The van der Waals surface area contributed by atoms with Crippen LogP contribution in [-0.2, 0) is 27.4 Å². The van der Waals surface area contributed by atoms with Crippen LogP contribution in [0.5, 0.6) is 5.75 Å². The number of methoxy groups -OCH3 is 1. The molecule has 3 rings (SSSR count). The molecule has 0 bridgehead atoms. The Morgan fingerprint density at radius 1 is 0.886 bits per heavy atom. The predicted molar refractivity (Wildman–Crippen MR) is 130 cm³/mol. The summed E-state index contributed by atoms with van der Waals surface area (Å²) in [6.07, 6.45) is -3.63. The van der Waals surface area contributed by atoms with E-state index in [4.69, 9.17) is 14.6 Å². The first kappa shape index (κ1) is 25.9. The first-order chi connectivity index (χ1) is 16.9. The molecule has 4 N–H and O–H groups in total. The van der Waals surface area contributed by atoms with Gasteiger partial charge in [-0.25, -0.2) is 4.79 Å². The number of hydrogen-bond donors (Lipinski definition) is 4. The molecule has 0 aliphatic carbocycles. The summed E-state index contributed by atoms with van der Waals surface area (Å²) in [5, 5.41) is 31.7. The normalized spacial score (nSPS) is 13.5. The van der Waals surface area contributed by atoms with Gasteiger partial charge in [-0.15, -0.1) is 0 Å². The molecule has 8 nitrogen and oxygen atoms in total. The van der Waals surface area contributed by atoms with Gasteiger partial charge >= 0.3 is 5.97 Å². The van der Waals surface area contributed by atoms with E-state index in [-0.39, 0.29) is 13.0 Å². The molecule has 0 aromatic heterocycles. The maximum absolute atomic E-state index is 12.0. The van der Waals surface area contributed by atoms with E-state index in [0.717, 1.165) is 28.0 Å². The van der Waals surface area contributed by atoms with Gasteiger partial charge in [0.2, 0.25) is 5.91 Å². The third-order valence-electron chi connectivity index (χ3n) is 5.44. The van der Waals surface area contributed by atoms with Crippen molar-refractivity contribution in [3.63, 3.8) is 0 Å². The Balaban J connectivity index is 1.70. The lowest BCUT2D eigenvalue weighted by Crippen LogP contribution is -2.52. The smallest absolute Gasteiger partial charge is 0.335 e. The largest absolute Gasteiger partial charge is 0.489 e. The van der Waals surface area contributed by atoms with Gasteiger partial charge in [-0.2, -0.15) is 0 Å². The summed E-state index contributed by atoms with van der Waals surface area (Å²) < 4.78 is 10.7. The van der Waals surface area contributed by atoms with E-state index in [1.165, 1.54) is 7.11 Å². The number of aliphatic hydroxyl groups excluding tert-OH is 2. The monoisotopic (exact) mass is 479 g/mol. The number of carbonyl (C=O) groups excluding carboxylic acids is 1. The molecule has 0 aliphatic heterocycles. The number of aliphatic hydroxyl groups is 2. The molecule has 0 spiro atoms. The van der Waals surface area contributed by atoms with E-state index in [2.05, 4.69) is 5.32 Å². The van der Waals surface area contributed by atoms with Gasteiger partial charge in [-0.05, 0) is 40.8 Å². The Bertz CT molecular complexity index is 1100. The highest BCUT2D eigenvalue weighted by molar-refractivity contribution is 5.78. The lowest BCUT2D eigenvalue weighted by Gasteiger charge is -2.26. The highest BCUT2D eigenvalue weighted by atomic mass is 16.5. The summed E-state index contributed by atoms with van der Waals surface area (Å²) in [6.45, 7) is 0.206. The Morgan fingerprint density at radius 2 is 1.60 bits per heavy atom. The minimum absolute atomic E-state index is 0.113. The summed E-state index contributed by atoms with van der Waals surface area (Å²) in [4.78, 5) is 23.1. The SMILES string of the molecule is COCC(=O)N[C@@H](Cc1ccc(-c2cccc(OCc3ccccc3)c2)cc1)[C@H](O)[C@@H](O)C(=O)O. The van der Waals surface area contributed by atoms with Crippen LogP contribution < -0.4 is 10.1 Å². The molecule has 3 aromatic rings. The second-order valence-corrected chi connectivity index (χ2v) is 8.08. The van der Waals surface area contributed by atoms with Crippen molar-refractivity contribution in [1.82, 2.24) is 5.32 Å². The van der Waals surface area contributed by atoms with E-state index < -0.39 is 30.1 Å². The predicted octanol–water partition coefficient (Wildman–Crippen LogP) is 2.41. The quantitative estimate of drug-likeness (QED) is 0.314. The van der Waals surface area contributed by atoms with Crippen LogP contribution in [-0.4, -0.2) is 59.2 Å². The van der Waals surface area contributed by atoms with Gasteiger partial charge in [-0.1, -0.05) is 66.7 Å². The van der Waals surface area contributed by atoms with E-state index in [9.17, 15) is 19.8 Å². The van der Waals surface area contributed by atoms with Crippen LogP contribution in [0.25, 0.3) is 11.1 Å². The van der Waals surface area contributed by atoms with Crippen LogP contribution in [0.2, 0.25) is 0 Å². The maximum atomic E-state index is 12.0. The van der Waals surface area contributed by atoms with Crippen molar-refractivity contribution in [1.29, 1.82) is 0 Å². The zero-order valence-electron chi connectivity index (χ0n) is 19.3. The number of hydrogen-bond acceptors (Lipinski definition) is 6. The topological polar surface area (TPSA) is 125 Å². The number of amides is 1. The van der Waals surface area contributed by atoms with Crippen molar-refractivity contribution < 1.29 is 34.4 Å². The molecule has 184 valence electrons. The van der Waals surface area contributed by atoms with Gasteiger partial charge < -0.3 is 30.1 Å². The number of benzene rings is 3. The van der Waals surface area contributed by atoms with Crippen LogP contribution in [0.4, 0.5) is 0 Å². The van der Waals surface area contributed by atoms with Crippen molar-refractivity contribution in [2.45, 2.75) is 31.3 Å². The van der Waals surface area contributed by atoms with Crippen molar-refractivity contribution in [2.24, 2.45) is 0 Å². The van der Waals surface area contributed by atoms with Crippen molar-refractivity contribution >= 4 is 11.9 Å². The van der Waals surface area contributed by atoms with Gasteiger partial charge in [0.05, 0.1) is 6.04 Å². The van der Waals surface area contributed by atoms with Gasteiger partial charge in [0.25, 0.3) is 0 Å². The number of carboxylic acid groups (broad SMARTS) is 1. The van der Waals surface area contributed by atoms with Crippen LogP contribution in [0, 0.1) is 0 Å². The standard InChI is InChI=1S/C27H29NO7/c1-34-17-24(29)28-23(25(30)26(31)27(32)33)14-18-10-12-20(13-11-18)21-8-5-9-22(15-21)35-16-19-6-3-2-4-7-19/h2-13,15,23,25-26,30-31H,14,16-17H2,1H3,(H,28,29)(H,32,33)/t23-,25-,26+/m0/s1. The number of nitrogens with one attached hydrogen (secondary N) is 1. The summed E-state index contributed by atoms with van der Waals surface area (Å²) >= 11 is 0. The molecule has 1 amide bonds. The molecule has 35 heavy (non-hydrogen) atoms. The third-order valence-corrected chi connectivity index (χ3v) is 5.44. The highest BCUT2D eigenvalue weighted by Gasteiger charge is 2.32. The fourth-order valence-electron chi connectivity index (χ4n) is 3.60. The molecule has 0 saturated heterocycles. The van der Waals surface area contributed by atoms with Crippen molar-refractivity contribution in [3.8, 4) is 16.9 Å². The number of carbonyl (C=O) groups is 2. The minimum Gasteiger partial charge on any atom is -0.489 e. The second kappa shape index (κ2) is 12.7. The molecular weight excluding hydrogens is 450 g/mol. The average molecular weight is 480 g/mol. The Kier molecular flexibility index (Phi) is 9.37. The third kappa shape index (κ3) is 7.65. The zero-order chi connectivity index (χ0) is 25.2. The van der Waals surface area contributed by atoms with Crippen molar-refractivity contribution in [2.75, 3.05) is 13.7 Å². The number of aliphatic carboxylic acids is 1. The Hall–Kier alpha value is -3.72. The van der Waals surface area contributed by atoms with Gasteiger partial charge in [-0.3, -0.25) is 4.79 Å². The lowest BCUT2D eigenvalue weighted by atomic mass is 9.96. The molecule has 0 aliphatic rings. The van der Waals surface area contributed by atoms with Gasteiger partial charge in [0, 0.05) is 7.11 Å². The fraction of sp³-hybridized carbons (Fsp3) is 0.259. The molecular formula is C27H29NO7. The first-order valence-corrected chi connectivity index (χ1v) is 11.1. The summed E-state index contributed by atoms with van der Waals surface area (Å²) in [5.41, 5.74) is 3.70. The summed E-state index contributed by atoms with van der Waals surface area (Å²) in [6, 6.07) is 24.0. The van der Waals surface area contributed by atoms with E-state index in [1.807, 2.05) is 78.9 Å².